The molecule has 0 spiro atoms. The molecule has 2 bridgehead atoms. The third-order valence-corrected chi connectivity index (χ3v) is 5.94. The first-order valence-electron chi connectivity index (χ1n) is 8.16. The fourth-order valence-corrected chi connectivity index (χ4v) is 4.99. The number of aliphatic hydroxyl groups excluding tert-OH is 3. The van der Waals surface area contributed by atoms with Crippen LogP contribution in [0.3, 0.4) is 0 Å². The second kappa shape index (κ2) is 5.28. The minimum Gasteiger partial charge on any atom is -0.459 e. The Morgan fingerprint density at radius 3 is 2.57 bits per heavy atom. The summed E-state index contributed by atoms with van der Waals surface area (Å²) < 4.78 is 11.5. The van der Waals surface area contributed by atoms with E-state index >= 15 is 0 Å². The van der Waals surface area contributed by atoms with Gasteiger partial charge in [-0.3, -0.25) is 4.79 Å². The molecule has 7 atom stereocenters. The van der Waals surface area contributed by atoms with E-state index in [0.717, 1.165) is 12.0 Å². The number of carbonyl (C=O) groups is 1. The average molecular weight is 326 g/mol. The Bertz CT molecular complexity index is 541. The molecular weight excluding hydrogens is 300 g/mol. The average Bonchev–Trinajstić information content (AvgIpc) is 2.66. The maximum atomic E-state index is 11.6. The molecule has 0 radical (unpaired) electrons. The Kier molecular flexibility index (Phi) is 3.87. The van der Waals surface area contributed by atoms with E-state index in [0.29, 0.717) is 6.42 Å². The van der Waals surface area contributed by atoms with Gasteiger partial charge in [-0.15, -0.1) is 0 Å². The molecule has 0 aromatic carbocycles. The van der Waals surface area contributed by atoms with E-state index in [9.17, 15) is 20.1 Å². The number of esters is 1. The Hall–Kier alpha value is -0.950. The van der Waals surface area contributed by atoms with E-state index in [-0.39, 0.29) is 11.3 Å². The molecule has 3 aliphatic rings. The van der Waals surface area contributed by atoms with Crippen molar-refractivity contribution in [1.82, 2.24) is 0 Å². The summed E-state index contributed by atoms with van der Waals surface area (Å²) in [5.41, 5.74) is -0.324. The maximum Gasteiger partial charge on any atom is 0.303 e. The summed E-state index contributed by atoms with van der Waals surface area (Å²) in [6.45, 7) is 7.23. The maximum absolute atomic E-state index is 11.6. The molecule has 2 fully saturated rings. The fraction of sp³-hybridized carbons (Fsp3) is 0.824. The Labute approximate surface area is 136 Å². The molecule has 3 rings (SSSR count). The monoisotopic (exact) mass is 326 g/mol. The van der Waals surface area contributed by atoms with Crippen molar-refractivity contribution in [2.45, 2.75) is 70.7 Å². The van der Waals surface area contributed by atoms with Crippen LogP contribution in [0.15, 0.2) is 11.6 Å². The van der Waals surface area contributed by atoms with Crippen molar-refractivity contribution in [3.05, 3.63) is 11.6 Å². The number of rotatable bonds is 1. The minimum absolute atomic E-state index is 0.166. The molecule has 6 heteroatoms. The van der Waals surface area contributed by atoms with Crippen LogP contribution in [0.2, 0.25) is 0 Å². The zero-order valence-corrected chi connectivity index (χ0v) is 14.0. The van der Waals surface area contributed by atoms with Crippen LogP contribution in [-0.2, 0) is 14.3 Å². The lowest BCUT2D eigenvalue weighted by molar-refractivity contribution is -0.276. The van der Waals surface area contributed by atoms with Crippen LogP contribution in [0.1, 0.15) is 40.5 Å². The number of hydrogen-bond acceptors (Lipinski definition) is 6. The SMILES string of the molecule is CC(=O)O[C@H]1C/C(C)=C\[C@@H](O)[C@H](O)[C@H]2[C@H](O)O[C@]13[C@@H]2CC3(C)C. The highest BCUT2D eigenvalue weighted by Crippen LogP contribution is 2.67. The zero-order chi connectivity index (χ0) is 17.2. The third-order valence-electron chi connectivity index (χ3n) is 5.94. The van der Waals surface area contributed by atoms with Gasteiger partial charge in [0.15, 0.2) is 6.29 Å². The van der Waals surface area contributed by atoms with E-state index in [2.05, 4.69) is 0 Å². The molecule has 130 valence electrons. The Morgan fingerprint density at radius 2 is 2.00 bits per heavy atom. The van der Waals surface area contributed by atoms with Gasteiger partial charge in [-0.05, 0) is 18.8 Å². The fourth-order valence-electron chi connectivity index (χ4n) is 4.99. The number of ether oxygens (including phenoxy) is 2. The molecule has 0 aromatic heterocycles. The van der Waals surface area contributed by atoms with Gasteiger partial charge in [-0.1, -0.05) is 25.5 Å². The van der Waals surface area contributed by atoms with Gasteiger partial charge >= 0.3 is 5.97 Å². The van der Waals surface area contributed by atoms with Gasteiger partial charge in [0.25, 0.3) is 0 Å². The molecule has 2 aliphatic carbocycles. The topological polar surface area (TPSA) is 96.2 Å². The van der Waals surface area contributed by atoms with Gasteiger partial charge in [0.1, 0.15) is 11.7 Å². The predicted molar refractivity (Wildman–Crippen MR) is 81.1 cm³/mol. The van der Waals surface area contributed by atoms with Crippen LogP contribution in [0, 0.1) is 17.3 Å². The molecule has 6 nitrogen and oxygen atoms in total. The normalized spacial score (nSPS) is 50.5. The van der Waals surface area contributed by atoms with Crippen molar-refractivity contribution < 1.29 is 29.6 Å². The summed E-state index contributed by atoms with van der Waals surface area (Å²) in [6, 6.07) is 0. The van der Waals surface area contributed by atoms with Gasteiger partial charge in [0.05, 0.1) is 12.2 Å². The van der Waals surface area contributed by atoms with Crippen LogP contribution < -0.4 is 0 Å². The summed E-state index contributed by atoms with van der Waals surface area (Å²) in [7, 11) is 0. The lowest BCUT2D eigenvalue weighted by Gasteiger charge is -2.60. The van der Waals surface area contributed by atoms with Gasteiger partial charge in [0.2, 0.25) is 0 Å². The lowest BCUT2D eigenvalue weighted by Crippen LogP contribution is -2.68. The van der Waals surface area contributed by atoms with Crippen LogP contribution >= 0.6 is 0 Å². The van der Waals surface area contributed by atoms with Crippen LogP contribution in [0.25, 0.3) is 0 Å². The van der Waals surface area contributed by atoms with Gasteiger partial charge < -0.3 is 24.8 Å². The highest BCUT2D eigenvalue weighted by Gasteiger charge is 2.74. The van der Waals surface area contributed by atoms with Gasteiger partial charge in [-0.25, -0.2) is 0 Å². The summed E-state index contributed by atoms with van der Waals surface area (Å²) in [6.07, 6.45) is -1.21. The summed E-state index contributed by atoms with van der Waals surface area (Å²) in [4.78, 5) is 11.6. The summed E-state index contributed by atoms with van der Waals surface area (Å²) in [5, 5.41) is 31.1. The van der Waals surface area contributed by atoms with E-state index in [1.165, 1.54) is 6.92 Å². The number of hydrogen-bond donors (Lipinski definition) is 3. The molecule has 1 saturated heterocycles. The molecule has 3 N–H and O–H groups in total. The molecule has 23 heavy (non-hydrogen) atoms. The first kappa shape index (κ1) is 16.9. The van der Waals surface area contributed by atoms with E-state index in [1.54, 1.807) is 6.08 Å². The first-order valence-corrected chi connectivity index (χ1v) is 8.16. The first-order chi connectivity index (χ1) is 10.6. The quantitative estimate of drug-likeness (QED) is 0.486. The number of aliphatic hydroxyl groups is 3. The highest BCUT2D eigenvalue weighted by molar-refractivity contribution is 5.66. The van der Waals surface area contributed by atoms with Crippen molar-refractivity contribution >= 4 is 5.97 Å². The molecule has 0 unspecified atom stereocenters. The summed E-state index contributed by atoms with van der Waals surface area (Å²) in [5.74, 6) is -1.17. The second-order valence-corrected chi connectivity index (χ2v) is 7.87. The highest BCUT2D eigenvalue weighted by atomic mass is 16.7. The minimum atomic E-state index is -1.18. The molecule has 1 saturated carbocycles. The van der Waals surface area contributed by atoms with Gasteiger partial charge in [0, 0.05) is 25.2 Å². The molecule has 1 aliphatic heterocycles. The van der Waals surface area contributed by atoms with Crippen LogP contribution in [0.4, 0.5) is 0 Å². The van der Waals surface area contributed by atoms with Crippen molar-refractivity contribution in [2.24, 2.45) is 17.3 Å². The molecular formula is C17H26O6. The van der Waals surface area contributed by atoms with Crippen molar-refractivity contribution in [2.75, 3.05) is 0 Å². The van der Waals surface area contributed by atoms with Crippen molar-refractivity contribution in [3.63, 3.8) is 0 Å². The largest absolute Gasteiger partial charge is 0.459 e. The van der Waals surface area contributed by atoms with E-state index in [4.69, 9.17) is 9.47 Å². The molecule has 1 heterocycles. The van der Waals surface area contributed by atoms with E-state index < -0.39 is 42.1 Å². The Balaban J connectivity index is 2.10. The second-order valence-electron chi connectivity index (χ2n) is 7.87. The third kappa shape index (κ3) is 2.27. The van der Waals surface area contributed by atoms with Gasteiger partial charge in [-0.2, -0.15) is 0 Å². The lowest BCUT2D eigenvalue weighted by atomic mass is 9.47. The standard InChI is InChI=1S/C17H26O6/c1-8-5-11(19)14(20)13-10-7-16(3,4)17(10,23-15(13)21)12(6-8)22-9(2)18/h5,10-15,19-21H,6-7H2,1-4H3/b8-5-/t10-,11-,12+,13+,14+,15-,17-/m1/s1. The number of carbonyl (C=O) groups excluding carboxylic acids is 1. The van der Waals surface area contributed by atoms with Crippen molar-refractivity contribution in [3.8, 4) is 0 Å². The van der Waals surface area contributed by atoms with Crippen molar-refractivity contribution in [1.29, 1.82) is 0 Å². The van der Waals surface area contributed by atoms with E-state index in [1.807, 2.05) is 20.8 Å². The summed E-state index contributed by atoms with van der Waals surface area (Å²) >= 11 is 0. The molecule has 0 amide bonds. The van der Waals surface area contributed by atoms with Crippen LogP contribution in [-0.4, -0.2) is 51.5 Å². The predicted octanol–water partition coefficient (Wildman–Crippen LogP) is 0.740. The van der Waals surface area contributed by atoms with Crippen LogP contribution in [0.5, 0.6) is 0 Å². The Morgan fingerprint density at radius 1 is 1.35 bits per heavy atom. The molecule has 0 aromatic rings. The smallest absolute Gasteiger partial charge is 0.303 e. The zero-order valence-electron chi connectivity index (χ0n) is 14.0.